The zero-order chi connectivity index (χ0) is 24.5. The highest BCUT2D eigenvalue weighted by atomic mass is 35.5. The molecule has 1 saturated carbocycles. The van der Waals surface area contributed by atoms with Crippen LogP contribution >= 0.6 is 11.6 Å². The number of benzene rings is 1. The molecule has 4 aromatic rings. The third-order valence-corrected chi connectivity index (χ3v) is 5.58. The minimum atomic E-state index is -0.678. The van der Waals surface area contributed by atoms with Crippen molar-refractivity contribution in [3.63, 3.8) is 0 Å². The van der Waals surface area contributed by atoms with Gasteiger partial charge < -0.3 is 15.8 Å². The SMILES string of the molecule is Nc1nccc(Oc2ccc(NC(=O)c3cn(C4CC4)nc(-c4ccc(F)cc4)c3=O)nn2)c1Cl. The van der Waals surface area contributed by atoms with Crippen LogP contribution in [0.1, 0.15) is 29.2 Å². The smallest absolute Gasteiger partial charge is 0.262 e. The molecule has 0 atom stereocenters. The predicted molar refractivity (Wildman–Crippen MR) is 126 cm³/mol. The second-order valence-corrected chi connectivity index (χ2v) is 8.14. The van der Waals surface area contributed by atoms with Crippen LogP contribution in [0.5, 0.6) is 11.6 Å². The summed E-state index contributed by atoms with van der Waals surface area (Å²) in [6.45, 7) is 0. The van der Waals surface area contributed by atoms with Gasteiger partial charge in [0.05, 0.1) is 6.04 Å². The second-order valence-electron chi connectivity index (χ2n) is 7.76. The van der Waals surface area contributed by atoms with E-state index in [2.05, 4.69) is 25.6 Å². The third kappa shape index (κ3) is 4.80. The summed E-state index contributed by atoms with van der Waals surface area (Å²) < 4.78 is 20.5. The highest BCUT2D eigenvalue weighted by Crippen LogP contribution is 2.34. The number of amides is 1. The maximum Gasteiger partial charge on any atom is 0.262 e. The number of carbonyl (C=O) groups excluding carboxylic acids is 1. The van der Waals surface area contributed by atoms with Crippen LogP contribution in [0.3, 0.4) is 0 Å². The van der Waals surface area contributed by atoms with E-state index in [0.29, 0.717) is 5.56 Å². The zero-order valence-electron chi connectivity index (χ0n) is 18.0. The Morgan fingerprint density at radius 1 is 1.14 bits per heavy atom. The lowest BCUT2D eigenvalue weighted by atomic mass is 10.1. The van der Waals surface area contributed by atoms with Crippen LogP contribution in [0.25, 0.3) is 11.3 Å². The van der Waals surface area contributed by atoms with Crippen LogP contribution in [0.2, 0.25) is 5.02 Å². The Bertz CT molecular complexity index is 1470. The van der Waals surface area contributed by atoms with E-state index >= 15 is 0 Å². The van der Waals surface area contributed by atoms with Gasteiger partial charge >= 0.3 is 0 Å². The Balaban J connectivity index is 1.39. The molecule has 1 amide bonds. The van der Waals surface area contributed by atoms with E-state index in [-0.39, 0.29) is 45.6 Å². The standard InChI is InChI=1S/C23H17ClFN7O3/c24-19-16(9-10-27-22(19)26)35-18-8-7-17(29-30-18)28-23(34)15-11-32(14-5-6-14)31-20(21(15)33)12-1-3-13(25)4-2-12/h1-4,7-11,14H,5-6H2,(H2,26,27)(H,28,29,34). The van der Waals surface area contributed by atoms with Crippen LogP contribution in [0.4, 0.5) is 16.0 Å². The van der Waals surface area contributed by atoms with Crippen LogP contribution < -0.4 is 21.2 Å². The molecule has 1 aliphatic carbocycles. The summed E-state index contributed by atoms with van der Waals surface area (Å²) >= 11 is 6.06. The maximum absolute atomic E-state index is 13.4. The number of nitrogens with one attached hydrogen (secondary N) is 1. The summed E-state index contributed by atoms with van der Waals surface area (Å²) in [7, 11) is 0. The lowest BCUT2D eigenvalue weighted by molar-refractivity contribution is 0.102. The number of ether oxygens (including phenoxy) is 1. The fourth-order valence-corrected chi connectivity index (χ4v) is 3.40. The van der Waals surface area contributed by atoms with Crippen molar-refractivity contribution in [3.8, 4) is 22.9 Å². The number of hydrogen-bond donors (Lipinski definition) is 2. The number of hydrogen-bond acceptors (Lipinski definition) is 8. The van der Waals surface area contributed by atoms with Gasteiger partial charge in [0.2, 0.25) is 11.3 Å². The number of aromatic nitrogens is 5. The summed E-state index contributed by atoms with van der Waals surface area (Å²) in [6, 6.07) is 9.91. The minimum absolute atomic E-state index is 0.0629. The lowest BCUT2D eigenvalue weighted by Crippen LogP contribution is -2.26. The van der Waals surface area contributed by atoms with E-state index < -0.39 is 17.2 Å². The first-order valence-electron chi connectivity index (χ1n) is 10.5. The number of nitrogens with two attached hydrogens (primary N) is 1. The quantitative estimate of drug-likeness (QED) is 0.413. The van der Waals surface area contributed by atoms with E-state index in [1.54, 1.807) is 4.68 Å². The highest BCUT2D eigenvalue weighted by molar-refractivity contribution is 6.34. The molecule has 0 saturated heterocycles. The highest BCUT2D eigenvalue weighted by Gasteiger charge is 2.27. The molecule has 12 heteroatoms. The Morgan fingerprint density at radius 3 is 2.60 bits per heavy atom. The van der Waals surface area contributed by atoms with Gasteiger partial charge in [0, 0.05) is 30.1 Å². The van der Waals surface area contributed by atoms with Crippen molar-refractivity contribution in [2.45, 2.75) is 18.9 Å². The molecular formula is C23H17ClFN7O3. The third-order valence-electron chi connectivity index (χ3n) is 5.20. The van der Waals surface area contributed by atoms with Gasteiger partial charge in [0.15, 0.2) is 11.6 Å². The summed E-state index contributed by atoms with van der Waals surface area (Å²) in [6.07, 6.45) is 4.63. The average Bonchev–Trinajstić information content (AvgIpc) is 3.70. The topological polar surface area (TPSA) is 138 Å². The predicted octanol–water partition coefficient (Wildman–Crippen LogP) is 3.85. The van der Waals surface area contributed by atoms with Crippen molar-refractivity contribution < 1.29 is 13.9 Å². The fourth-order valence-electron chi connectivity index (χ4n) is 3.25. The molecule has 1 aliphatic rings. The molecule has 3 N–H and O–H groups in total. The molecule has 3 aromatic heterocycles. The minimum Gasteiger partial charge on any atom is -0.436 e. The largest absolute Gasteiger partial charge is 0.436 e. The van der Waals surface area contributed by atoms with Gasteiger partial charge in [-0.2, -0.15) is 5.10 Å². The lowest BCUT2D eigenvalue weighted by Gasteiger charge is -2.11. The van der Waals surface area contributed by atoms with Crippen molar-refractivity contribution >= 4 is 29.1 Å². The number of carbonyl (C=O) groups is 1. The molecule has 3 heterocycles. The fraction of sp³-hybridized carbons (Fsp3) is 0.130. The molecule has 0 radical (unpaired) electrons. The van der Waals surface area contributed by atoms with Gasteiger partial charge in [-0.15, -0.1) is 10.2 Å². The molecule has 176 valence electrons. The van der Waals surface area contributed by atoms with E-state index in [1.165, 1.54) is 54.9 Å². The Labute approximate surface area is 202 Å². The molecule has 35 heavy (non-hydrogen) atoms. The van der Waals surface area contributed by atoms with Gasteiger partial charge in [0.25, 0.3) is 5.91 Å². The number of nitrogen functional groups attached to an aromatic ring is 1. The number of nitrogens with zero attached hydrogens (tertiary/aromatic N) is 5. The van der Waals surface area contributed by atoms with E-state index in [1.807, 2.05) is 0 Å². The van der Waals surface area contributed by atoms with Crippen molar-refractivity contribution in [2.24, 2.45) is 0 Å². The molecule has 1 fully saturated rings. The van der Waals surface area contributed by atoms with Gasteiger partial charge in [-0.1, -0.05) is 11.6 Å². The molecule has 0 bridgehead atoms. The van der Waals surface area contributed by atoms with Gasteiger partial charge in [0.1, 0.15) is 27.9 Å². The number of anilines is 2. The molecular weight excluding hydrogens is 477 g/mol. The summed E-state index contributed by atoms with van der Waals surface area (Å²) in [5.41, 5.74) is 5.43. The zero-order valence-corrected chi connectivity index (χ0v) is 18.7. The van der Waals surface area contributed by atoms with E-state index in [9.17, 15) is 14.0 Å². The van der Waals surface area contributed by atoms with Gasteiger partial charge in [-0.3, -0.25) is 14.3 Å². The molecule has 0 spiro atoms. The van der Waals surface area contributed by atoms with Crippen LogP contribution in [0, 0.1) is 5.82 Å². The van der Waals surface area contributed by atoms with E-state index in [4.69, 9.17) is 22.1 Å². The van der Waals surface area contributed by atoms with Crippen molar-refractivity contribution in [3.05, 3.63) is 81.5 Å². The Kier molecular flexibility index (Phi) is 5.83. The summed E-state index contributed by atoms with van der Waals surface area (Å²) in [4.78, 5) is 29.9. The van der Waals surface area contributed by atoms with Crippen LogP contribution in [0.15, 0.2) is 59.7 Å². The Morgan fingerprint density at radius 2 is 1.91 bits per heavy atom. The normalized spacial score (nSPS) is 12.9. The molecule has 0 unspecified atom stereocenters. The average molecular weight is 494 g/mol. The molecule has 10 nitrogen and oxygen atoms in total. The molecule has 1 aromatic carbocycles. The maximum atomic E-state index is 13.4. The first-order chi connectivity index (χ1) is 16.9. The van der Waals surface area contributed by atoms with Gasteiger partial charge in [-0.25, -0.2) is 9.37 Å². The monoisotopic (exact) mass is 493 g/mol. The van der Waals surface area contributed by atoms with Gasteiger partial charge in [-0.05, 0) is 43.2 Å². The van der Waals surface area contributed by atoms with Crippen molar-refractivity contribution in [1.82, 2.24) is 25.0 Å². The van der Waals surface area contributed by atoms with Crippen molar-refractivity contribution in [1.29, 1.82) is 0 Å². The summed E-state index contributed by atoms with van der Waals surface area (Å²) in [5, 5.41) is 14.9. The van der Waals surface area contributed by atoms with Crippen LogP contribution in [-0.4, -0.2) is 30.9 Å². The first kappa shape index (κ1) is 22.4. The first-order valence-corrected chi connectivity index (χ1v) is 10.9. The number of pyridine rings is 1. The summed E-state index contributed by atoms with van der Waals surface area (Å²) in [5.74, 6) is -0.561. The van der Waals surface area contributed by atoms with Crippen molar-refractivity contribution in [2.75, 3.05) is 11.1 Å². The molecule has 0 aliphatic heterocycles. The number of halogens is 2. The second kappa shape index (κ2) is 9.11. The number of rotatable bonds is 6. The van der Waals surface area contributed by atoms with Crippen LogP contribution in [-0.2, 0) is 0 Å². The van der Waals surface area contributed by atoms with E-state index in [0.717, 1.165) is 12.8 Å². The molecule has 5 rings (SSSR count). The Hall–Kier alpha value is -4.38.